The summed E-state index contributed by atoms with van der Waals surface area (Å²) < 4.78 is 52.4. The van der Waals surface area contributed by atoms with Crippen molar-refractivity contribution in [2.75, 3.05) is 12.3 Å². The van der Waals surface area contributed by atoms with E-state index in [-0.39, 0.29) is 17.9 Å². The molecule has 0 bridgehead atoms. The van der Waals surface area contributed by atoms with Crippen LogP contribution < -0.4 is 5.73 Å². The molecule has 0 aliphatic carbocycles. The van der Waals surface area contributed by atoms with E-state index in [0.717, 1.165) is 6.33 Å². The lowest BCUT2D eigenvalue weighted by atomic mass is 9.94. The van der Waals surface area contributed by atoms with Crippen molar-refractivity contribution in [3.63, 3.8) is 0 Å². The Bertz CT molecular complexity index is 1210. The van der Waals surface area contributed by atoms with Gasteiger partial charge in [-0.15, -0.1) is 0 Å². The average molecular weight is 515 g/mol. The standard InChI is InChI=1S/C12H16N5O12P3/c13-5-12(9-2-1-8-11(14)15-6-16-17(8)9)10(18)3-7(27-12)4-26-31(22,23)29-32(24,25)28-30(19,20)21/h1-2,6-7,10,18H,3-4H2,(H,22,23)(H,24,25)(H2,14,15,16)(H2,19,20,21)/t7-,10+,12-/m0/s1. The van der Waals surface area contributed by atoms with Gasteiger partial charge in [-0.2, -0.15) is 19.0 Å². The highest BCUT2D eigenvalue weighted by Gasteiger charge is 2.53. The Labute approximate surface area is 178 Å². The number of phosphoric acid groups is 3. The Balaban J connectivity index is 1.75. The molecule has 3 heterocycles. The van der Waals surface area contributed by atoms with E-state index in [9.17, 15) is 29.0 Å². The van der Waals surface area contributed by atoms with Gasteiger partial charge >= 0.3 is 23.5 Å². The van der Waals surface area contributed by atoms with E-state index < -0.39 is 47.9 Å². The summed E-state index contributed by atoms with van der Waals surface area (Å²) in [5.74, 6) is 0.0936. The van der Waals surface area contributed by atoms with Crippen LogP contribution in [0.2, 0.25) is 0 Å². The molecule has 5 atom stereocenters. The lowest BCUT2D eigenvalue weighted by Crippen LogP contribution is -2.36. The number of ether oxygens (including phenoxy) is 1. The van der Waals surface area contributed by atoms with E-state index >= 15 is 0 Å². The minimum absolute atomic E-state index is 0.0810. The van der Waals surface area contributed by atoms with E-state index in [4.69, 9.17) is 25.2 Å². The number of nitrogens with two attached hydrogens (primary N) is 1. The second-order valence-electron chi connectivity index (χ2n) is 6.39. The average Bonchev–Trinajstić information content (AvgIpc) is 3.19. The highest BCUT2D eigenvalue weighted by molar-refractivity contribution is 7.66. The number of aromatic nitrogens is 3. The zero-order valence-electron chi connectivity index (χ0n) is 15.6. The second-order valence-corrected chi connectivity index (χ2v) is 10.8. The minimum atomic E-state index is -5.69. The van der Waals surface area contributed by atoms with Gasteiger partial charge in [0.15, 0.2) is 5.82 Å². The topological polar surface area (TPSA) is 269 Å². The fourth-order valence-corrected chi connectivity index (χ4v) is 6.06. The molecule has 20 heteroatoms. The van der Waals surface area contributed by atoms with E-state index in [1.165, 1.54) is 16.6 Å². The predicted molar refractivity (Wildman–Crippen MR) is 100 cm³/mol. The molecule has 0 amide bonds. The van der Waals surface area contributed by atoms with Crippen LogP contribution >= 0.6 is 23.5 Å². The number of nitrogens with zero attached hydrogens (tertiary/aromatic N) is 4. The molecule has 2 aromatic heterocycles. The van der Waals surface area contributed by atoms with Crippen LogP contribution in [0.3, 0.4) is 0 Å². The molecular weight excluding hydrogens is 499 g/mol. The molecule has 0 aromatic carbocycles. The quantitative estimate of drug-likeness (QED) is 0.242. The number of phosphoric ester groups is 1. The van der Waals surface area contributed by atoms with Gasteiger partial charge in [-0.05, 0) is 12.1 Å². The van der Waals surface area contributed by atoms with Crippen molar-refractivity contribution in [1.82, 2.24) is 14.6 Å². The number of nitriles is 1. The molecule has 1 aliphatic rings. The summed E-state index contributed by atoms with van der Waals surface area (Å²) in [7, 11) is -16.6. The second kappa shape index (κ2) is 8.54. The molecular formula is C12H16N5O12P3. The van der Waals surface area contributed by atoms with Gasteiger partial charge in [-0.25, -0.2) is 23.2 Å². The SMILES string of the molecule is N#C[C@@]1(c2ccc3c(N)ncnn23)O[C@H](COP(=O)(O)OP(=O)(O)OP(=O)(O)O)C[C@H]1O. The van der Waals surface area contributed by atoms with Crippen molar-refractivity contribution < 1.29 is 56.3 Å². The number of aliphatic hydroxyl groups excluding tert-OH is 1. The molecule has 0 saturated carbocycles. The van der Waals surface area contributed by atoms with Gasteiger partial charge < -0.3 is 35.2 Å². The van der Waals surface area contributed by atoms with Crippen molar-refractivity contribution in [1.29, 1.82) is 5.26 Å². The lowest BCUT2D eigenvalue weighted by Gasteiger charge is -2.24. The molecule has 7 N–H and O–H groups in total. The monoisotopic (exact) mass is 515 g/mol. The minimum Gasteiger partial charge on any atom is -0.388 e. The van der Waals surface area contributed by atoms with Gasteiger partial charge in [-0.3, -0.25) is 4.52 Å². The Kier molecular flexibility index (Phi) is 6.64. The number of fused-ring (bicyclic) bond motifs is 1. The molecule has 1 saturated heterocycles. The molecule has 0 radical (unpaired) electrons. The van der Waals surface area contributed by atoms with Crippen molar-refractivity contribution in [3.05, 3.63) is 24.2 Å². The van der Waals surface area contributed by atoms with Crippen molar-refractivity contribution in [3.8, 4) is 6.07 Å². The third-order valence-corrected chi connectivity index (χ3v) is 7.98. The summed E-state index contributed by atoms with van der Waals surface area (Å²) >= 11 is 0. The van der Waals surface area contributed by atoms with E-state index in [0.29, 0.717) is 5.52 Å². The maximum Gasteiger partial charge on any atom is 0.490 e. The molecule has 17 nitrogen and oxygen atoms in total. The van der Waals surface area contributed by atoms with Gasteiger partial charge in [-0.1, -0.05) is 0 Å². The highest BCUT2D eigenvalue weighted by Crippen LogP contribution is 2.66. The van der Waals surface area contributed by atoms with Crippen molar-refractivity contribution in [2.24, 2.45) is 0 Å². The fraction of sp³-hybridized carbons (Fsp3) is 0.417. The summed E-state index contributed by atoms with van der Waals surface area (Å²) in [4.78, 5) is 39.5. The first kappa shape index (κ1) is 24.9. The molecule has 0 spiro atoms. The van der Waals surface area contributed by atoms with Gasteiger partial charge in [0.25, 0.3) is 0 Å². The lowest BCUT2D eigenvalue weighted by molar-refractivity contribution is -0.0623. The molecule has 3 rings (SSSR count). The van der Waals surface area contributed by atoms with Gasteiger partial charge in [0.1, 0.15) is 24.0 Å². The van der Waals surface area contributed by atoms with Crippen LogP contribution in [-0.4, -0.2) is 58.1 Å². The Morgan fingerprint density at radius 3 is 2.56 bits per heavy atom. The van der Waals surface area contributed by atoms with Gasteiger partial charge in [0.2, 0.25) is 5.60 Å². The summed E-state index contributed by atoms with van der Waals surface area (Å²) in [6.07, 6.45) is -1.82. The Morgan fingerprint density at radius 2 is 1.94 bits per heavy atom. The van der Waals surface area contributed by atoms with Crippen LogP contribution in [-0.2, 0) is 37.2 Å². The molecule has 1 fully saturated rings. The van der Waals surface area contributed by atoms with Gasteiger partial charge in [0, 0.05) is 6.42 Å². The first-order chi connectivity index (χ1) is 14.7. The van der Waals surface area contributed by atoms with Gasteiger partial charge in [0.05, 0.1) is 18.4 Å². The number of hydrogen-bond donors (Lipinski definition) is 6. The normalized spacial score (nSPS) is 27.6. The molecule has 1 aliphatic heterocycles. The largest absolute Gasteiger partial charge is 0.490 e. The first-order valence-electron chi connectivity index (χ1n) is 8.32. The number of nitrogen functional groups attached to an aromatic ring is 1. The number of aliphatic hydroxyl groups is 1. The van der Waals surface area contributed by atoms with Crippen LogP contribution in [0.1, 0.15) is 12.1 Å². The van der Waals surface area contributed by atoms with E-state index in [1.807, 2.05) is 6.07 Å². The molecule has 2 aromatic rings. The van der Waals surface area contributed by atoms with Crippen LogP contribution in [0.4, 0.5) is 5.82 Å². The van der Waals surface area contributed by atoms with Crippen LogP contribution in [0.5, 0.6) is 0 Å². The third kappa shape index (κ3) is 5.24. The fourth-order valence-electron chi connectivity index (χ4n) is 3.01. The summed E-state index contributed by atoms with van der Waals surface area (Å²) in [5.41, 5.74) is 4.16. The summed E-state index contributed by atoms with van der Waals surface area (Å²) in [6, 6.07) is 4.73. The predicted octanol–water partition coefficient (Wildman–Crippen LogP) is -0.477. The number of anilines is 1. The Morgan fingerprint density at radius 1 is 1.25 bits per heavy atom. The zero-order chi connectivity index (χ0) is 23.9. The molecule has 32 heavy (non-hydrogen) atoms. The van der Waals surface area contributed by atoms with Crippen molar-refractivity contribution in [2.45, 2.75) is 24.2 Å². The van der Waals surface area contributed by atoms with Crippen molar-refractivity contribution >= 4 is 34.8 Å². The zero-order valence-corrected chi connectivity index (χ0v) is 18.3. The summed E-state index contributed by atoms with van der Waals surface area (Å²) in [6.45, 7) is -0.829. The first-order valence-corrected chi connectivity index (χ1v) is 12.8. The highest BCUT2D eigenvalue weighted by atomic mass is 31.3. The smallest absolute Gasteiger partial charge is 0.388 e. The third-order valence-electron chi connectivity index (χ3n) is 4.18. The number of hydrogen-bond acceptors (Lipinski definition) is 12. The molecule has 176 valence electrons. The molecule has 2 unspecified atom stereocenters. The van der Waals surface area contributed by atoms with Crippen LogP contribution in [0.25, 0.3) is 5.52 Å². The van der Waals surface area contributed by atoms with E-state index in [2.05, 4.69) is 23.2 Å². The van der Waals surface area contributed by atoms with Crippen LogP contribution in [0, 0.1) is 11.3 Å². The maximum atomic E-state index is 11.9. The summed E-state index contributed by atoms with van der Waals surface area (Å²) in [5, 5.41) is 24.2. The number of rotatable bonds is 8. The Hall–Kier alpha value is -1.76. The maximum absolute atomic E-state index is 11.9. The van der Waals surface area contributed by atoms with Crippen LogP contribution in [0.15, 0.2) is 18.5 Å². The van der Waals surface area contributed by atoms with E-state index in [1.54, 1.807) is 0 Å².